The first-order valence-corrected chi connectivity index (χ1v) is 24.6. The molecule has 0 fully saturated rings. The molecule has 0 bridgehead atoms. The van der Waals surface area contributed by atoms with E-state index in [1.54, 1.807) is 0 Å². The molecule has 0 saturated carbocycles. The van der Waals surface area contributed by atoms with E-state index in [1.165, 1.54) is 5.56 Å². The van der Waals surface area contributed by atoms with Crippen molar-refractivity contribution in [1.82, 2.24) is 14.5 Å². The molecule has 0 atom stereocenters. The molecule has 70 heavy (non-hydrogen) atoms. The van der Waals surface area contributed by atoms with Crippen LogP contribution in [0.15, 0.2) is 158 Å². The van der Waals surface area contributed by atoms with Crippen molar-refractivity contribution in [2.45, 2.75) is 119 Å². The van der Waals surface area contributed by atoms with Gasteiger partial charge in [-0.25, -0.2) is 4.98 Å². The lowest BCUT2D eigenvalue weighted by atomic mass is 9.79. The van der Waals surface area contributed by atoms with Crippen LogP contribution in [-0.4, -0.2) is 19.6 Å². The van der Waals surface area contributed by atoms with E-state index in [1.807, 2.05) is 48.7 Å². The van der Waals surface area contributed by atoms with Gasteiger partial charge in [0.15, 0.2) is 0 Å². The molecule has 9 rings (SSSR count). The fourth-order valence-corrected chi connectivity index (χ4v) is 9.46. The van der Waals surface area contributed by atoms with Gasteiger partial charge in [-0.15, -0.1) is 0 Å². The second-order valence-electron chi connectivity index (χ2n) is 23.3. The van der Waals surface area contributed by atoms with Gasteiger partial charge in [-0.05, 0) is 140 Å². The number of aryl methyl sites for hydroxylation is 2. The number of fused-ring (bicyclic) bond motifs is 1. The summed E-state index contributed by atoms with van der Waals surface area (Å²) >= 11 is 0. The number of nitrogens with zero attached hydrogens (tertiary/aromatic N) is 3. The molecule has 0 radical (unpaired) electrons. The summed E-state index contributed by atoms with van der Waals surface area (Å²) in [5.74, 6) is 0.648. The summed E-state index contributed by atoms with van der Waals surface area (Å²) in [7, 11) is 0. The molecule has 2 heterocycles. The van der Waals surface area contributed by atoms with Gasteiger partial charge in [0.1, 0.15) is 11.6 Å². The lowest BCUT2D eigenvalue weighted by molar-refractivity contribution is 0.446. The normalized spacial score (nSPS) is 13.3. The first-order valence-electron chi connectivity index (χ1n) is 26.1. The van der Waals surface area contributed by atoms with Gasteiger partial charge in [-0.2, -0.15) is 0 Å². The van der Waals surface area contributed by atoms with E-state index in [-0.39, 0.29) is 27.6 Å². The van der Waals surface area contributed by atoms with Crippen molar-refractivity contribution in [3.8, 4) is 78.6 Å². The van der Waals surface area contributed by atoms with Crippen molar-refractivity contribution >= 4 is 11.0 Å². The van der Waals surface area contributed by atoms with Crippen LogP contribution in [0.2, 0.25) is 0 Å². The second kappa shape index (κ2) is 17.7. The molecule has 0 unspecified atom stereocenters. The summed E-state index contributed by atoms with van der Waals surface area (Å²) in [5.41, 5.74) is 16.4. The largest absolute Gasteiger partial charge is 0.507 e. The van der Waals surface area contributed by atoms with Crippen molar-refractivity contribution in [2.75, 3.05) is 0 Å². The lowest BCUT2D eigenvalue weighted by Crippen LogP contribution is -2.17. The predicted molar refractivity (Wildman–Crippen MR) is 297 cm³/mol. The predicted octanol–water partition coefficient (Wildman–Crippen LogP) is 17.9. The number of imidazole rings is 1. The summed E-state index contributed by atoms with van der Waals surface area (Å²) in [4.78, 5) is 10.6. The fourth-order valence-electron chi connectivity index (χ4n) is 9.46. The van der Waals surface area contributed by atoms with Crippen LogP contribution in [0.25, 0.3) is 83.9 Å². The summed E-state index contributed by atoms with van der Waals surface area (Å²) < 4.78 is 29.6. The standard InChI is InChI=1S/C66H69N3O/c1-41-23-25-43(26-24-41)46-31-32-67-57(37-46)48-34-47(35-50(36-48)64(6,7)8)52-21-18-22-58-60(52)68-62(55-38-51(65(9,10)11)39-56(61(55)70)66(12,13)14)69(58)59-33-42(2)53(40-54(59)44-19-16-15-17-20-44)45-27-29-49(30-28-45)63(3,4)5/h15-40,70H,1-14H3/i2D3. The van der Waals surface area contributed by atoms with Crippen molar-refractivity contribution in [1.29, 1.82) is 0 Å². The first-order chi connectivity index (χ1) is 34.2. The Kier molecular flexibility index (Phi) is 11.2. The minimum atomic E-state index is -2.49. The summed E-state index contributed by atoms with van der Waals surface area (Å²) in [6, 6.07) is 52.3. The Morgan fingerprint density at radius 2 is 1.10 bits per heavy atom. The van der Waals surface area contributed by atoms with Gasteiger partial charge < -0.3 is 5.11 Å². The molecule has 0 aliphatic heterocycles. The first kappa shape index (κ1) is 44.2. The molecule has 0 spiro atoms. The third-order valence-corrected chi connectivity index (χ3v) is 13.8. The molecule has 0 amide bonds. The molecule has 0 aliphatic carbocycles. The zero-order valence-corrected chi connectivity index (χ0v) is 43.3. The molecule has 0 saturated heterocycles. The smallest absolute Gasteiger partial charge is 0.149 e. The maximum atomic E-state index is 12.7. The zero-order valence-electron chi connectivity index (χ0n) is 46.3. The molecule has 4 nitrogen and oxygen atoms in total. The number of phenols is 1. The van der Waals surface area contributed by atoms with E-state index in [0.717, 1.165) is 78.0 Å². The molecular weight excluding hydrogens is 851 g/mol. The van der Waals surface area contributed by atoms with E-state index in [2.05, 4.69) is 204 Å². The molecule has 9 aromatic rings. The SMILES string of the molecule is [2H]C([2H])([2H])c1cc(-n2c(-c3cc(C(C)(C)C)cc(C(C)(C)C)c3O)nc3c(-c4cc(-c5cc(-c6ccc(C)cc6)ccn5)cc(C(C)(C)C)c4)cccc32)c(-c2ccccc2)cc1-c1ccc(C(C)(C)C)cc1. The van der Waals surface area contributed by atoms with Crippen LogP contribution in [0.5, 0.6) is 5.75 Å². The van der Waals surface area contributed by atoms with Crippen LogP contribution in [0.3, 0.4) is 0 Å². The highest BCUT2D eigenvalue weighted by Gasteiger charge is 2.30. The summed E-state index contributed by atoms with van der Waals surface area (Å²) in [6.45, 7) is 25.7. The van der Waals surface area contributed by atoms with Crippen molar-refractivity contribution < 1.29 is 9.22 Å². The monoisotopic (exact) mass is 923 g/mol. The minimum absolute atomic E-state index is 0.0792. The van der Waals surface area contributed by atoms with Gasteiger partial charge in [0.05, 0.1) is 28.0 Å². The van der Waals surface area contributed by atoms with Crippen molar-refractivity contribution in [3.05, 3.63) is 191 Å². The maximum absolute atomic E-state index is 12.7. The number of hydrogen-bond acceptors (Lipinski definition) is 3. The summed E-state index contributed by atoms with van der Waals surface area (Å²) in [5, 5.41) is 12.7. The van der Waals surface area contributed by atoms with Crippen LogP contribution >= 0.6 is 0 Å². The van der Waals surface area contributed by atoms with Gasteiger partial charge >= 0.3 is 0 Å². The van der Waals surface area contributed by atoms with Crippen LogP contribution in [0.4, 0.5) is 0 Å². The van der Waals surface area contributed by atoms with E-state index >= 15 is 0 Å². The van der Waals surface area contributed by atoms with Crippen LogP contribution in [-0.2, 0) is 21.7 Å². The quantitative estimate of drug-likeness (QED) is 0.173. The number of pyridine rings is 1. The number of hydrogen-bond donors (Lipinski definition) is 1. The Bertz CT molecular complexity index is 3520. The van der Waals surface area contributed by atoms with Crippen LogP contribution in [0.1, 0.15) is 121 Å². The van der Waals surface area contributed by atoms with E-state index in [0.29, 0.717) is 28.2 Å². The van der Waals surface area contributed by atoms with E-state index in [4.69, 9.17) is 14.1 Å². The van der Waals surface area contributed by atoms with Crippen molar-refractivity contribution in [3.63, 3.8) is 0 Å². The minimum Gasteiger partial charge on any atom is -0.507 e. The molecule has 354 valence electrons. The van der Waals surface area contributed by atoms with Gasteiger partial charge in [0, 0.05) is 32.6 Å². The highest BCUT2D eigenvalue weighted by Crippen LogP contribution is 2.47. The van der Waals surface area contributed by atoms with Gasteiger partial charge in [0.2, 0.25) is 0 Å². The number of rotatable bonds is 7. The molecular formula is C66H69N3O. The highest BCUT2D eigenvalue weighted by atomic mass is 16.3. The molecule has 1 N–H and O–H groups in total. The number of aromatic nitrogens is 3. The van der Waals surface area contributed by atoms with E-state index in [9.17, 15) is 5.11 Å². The summed E-state index contributed by atoms with van der Waals surface area (Å²) in [6.07, 6.45) is 1.89. The number of phenolic OH excluding ortho intramolecular Hbond substituents is 1. The lowest BCUT2D eigenvalue weighted by Gasteiger charge is -2.28. The third-order valence-electron chi connectivity index (χ3n) is 13.8. The zero-order chi connectivity index (χ0) is 52.6. The topological polar surface area (TPSA) is 50.9 Å². The Balaban J connectivity index is 1.40. The highest BCUT2D eigenvalue weighted by molar-refractivity contribution is 5.98. The van der Waals surface area contributed by atoms with Crippen molar-refractivity contribution in [2.24, 2.45) is 0 Å². The second-order valence-corrected chi connectivity index (χ2v) is 23.3. The van der Waals surface area contributed by atoms with E-state index < -0.39 is 12.3 Å². The molecule has 7 aromatic carbocycles. The molecule has 2 aromatic heterocycles. The number of benzene rings is 7. The average molecular weight is 923 g/mol. The Morgan fingerprint density at radius 3 is 1.74 bits per heavy atom. The Morgan fingerprint density at radius 1 is 0.471 bits per heavy atom. The molecule has 0 aliphatic rings. The van der Waals surface area contributed by atoms with Gasteiger partial charge in [-0.1, -0.05) is 192 Å². The number of aromatic hydroxyl groups is 1. The Labute approximate surface area is 421 Å². The van der Waals surface area contributed by atoms with Crippen LogP contribution < -0.4 is 0 Å². The third kappa shape index (κ3) is 9.37. The maximum Gasteiger partial charge on any atom is 0.149 e. The van der Waals surface area contributed by atoms with Gasteiger partial charge in [0.25, 0.3) is 0 Å². The fraction of sp³-hybridized carbons (Fsp3) is 0.273. The number of para-hydroxylation sites is 1. The Hall–Kier alpha value is -7.04. The van der Waals surface area contributed by atoms with Gasteiger partial charge in [-0.3, -0.25) is 9.55 Å². The molecule has 4 heteroatoms. The van der Waals surface area contributed by atoms with Crippen LogP contribution in [0, 0.1) is 13.8 Å². The average Bonchev–Trinajstić information content (AvgIpc) is 3.72.